The number of hydrogen-bond acceptors (Lipinski definition) is 5. The smallest absolute Gasteiger partial charge is 0.338 e. The predicted octanol–water partition coefficient (Wildman–Crippen LogP) is 3.87. The number of aliphatic carboxylic acids is 1. The summed E-state index contributed by atoms with van der Waals surface area (Å²) in [6.45, 7) is -0.0716. The van der Waals surface area contributed by atoms with Crippen LogP contribution in [0, 0.1) is 0 Å². The number of aromatic carboxylic acids is 1. The maximum atomic E-state index is 11.0. The number of fused-ring (bicyclic) bond motifs is 1. The van der Waals surface area contributed by atoms with E-state index in [0.717, 1.165) is 10.0 Å². The minimum Gasteiger partial charge on any atom is -0.480 e. The third-order valence-corrected chi connectivity index (χ3v) is 4.42. The van der Waals surface area contributed by atoms with Gasteiger partial charge in [-0.25, -0.2) is 14.4 Å². The number of carboxylic acid groups (broad SMARTS) is 2. The van der Waals surface area contributed by atoms with Crippen molar-refractivity contribution >= 4 is 49.8 Å². The normalized spacial score (nSPS) is 11.9. The van der Waals surface area contributed by atoms with Crippen LogP contribution in [0.15, 0.2) is 45.3 Å². The van der Waals surface area contributed by atoms with Crippen LogP contribution in [0.3, 0.4) is 0 Å². The number of cyclic esters (lactones) is 1. The molecule has 142 valence electrons. The maximum absolute atomic E-state index is 11.0. The maximum Gasteiger partial charge on any atom is 0.338 e. The molecule has 3 rings (SSSR count). The quantitative estimate of drug-likeness (QED) is 0.598. The van der Waals surface area contributed by atoms with Gasteiger partial charge >= 0.3 is 17.9 Å². The Morgan fingerprint density at radius 2 is 1.74 bits per heavy atom. The van der Waals surface area contributed by atoms with Crippen molar-refractivity contribution in [2.75, 3.05) is 6.61 Å². The van der Waals surface area contributed by atoms with Crippen LogP contribution in [0.5, 0.6) is 0 Å². The first-order valence-corrected chi connectivity index (χ1v) is 9.13. The fourth-order valence-corrected chi connectivity index (χ4v) is 2.93. The van der Waals surface area contributed by atoms with Crippen LogP contribution < -0.4 is 0 Å². The molecule has 0 spiro atoms. The van der Waals surface area contributed by atoms with Crippen molar-refractivity contribution in [2.24, 2.45) is 0 Å². The Morgan fingerprint density at radius 1 is 1.07 bits per heavy atom. The van der Waals surface area contributed by atoms with E-state index in [1.165, 1.54) is 6.07 Å². The molecule has 27 heavy (non-hydrogen) atoms. The Labute approximate surface area is 171 Å². The van der Waals surface area contributed by atoms with Crippen LogP contribution in [-0.2, 0) is 27.5 Å². The van der Waals surface area contributed by atoms with Gasteiger partial charge in [0.1, 0.15) is 13.2 Å². The fourth-order valence-electron chi connectivity index (χ4n) is 2.21. The topological polar surface area (TPSA) is 110 Å². The summed E-state index contributed by atoms with van der Waals surface area (Å²) in [5.74, 6) is -2.38. The number of rotatable bonds is 5. The van der Waals surface area contributed by atoms with E-state index in [2.05, 4.69) is 31.9 Å². The summed E-state index contributed by atoms with van der Waals surface area (Å²) < 4.78 is 11.2. The third-order valence-electron chi connectivity index (χ3n) is 3.44. The van der Waals surface area contributed by atoms with Gasteiger partial charge < -0.3 is 19.7 Å². The molecule has 0 saturated carbocycles. The molecule has 1 aliphatic rings. The van der Waals surface area contributed by atoms with Gasteiger partial charge in [-0.3, -0.25) is 0 Å². The number of halogens is 2. The number of carboxylic acids is 2. The van der Waals surface area contributed by atoms with Gasteiger partial charge in [-0.1, -0.05) is 44.0 Å². The van der Waals surface area contributed by atoms with Crippen molar-refractivity contribution in [1.29, 1.82) is 0 Å². The van der Waals surface area contributed by atoms with Gasteiger partial charge in [-0.05, 0) is 29.8 Å². The highest BCUT2D eigenvalue weighted by atomic mass is 79.9. The van der Waals surface area contributed by atoms with Gasteiger partial charge in [0.25, 0.3) is 0 Å². The van der Waals surface area contributed by atoms with E-state index < -0.39 is 18.5 Å². The Morgan fingerprint density at radius 3 is 2.41 bits per heavy atom. The molecule has 0 atom stereocenters. The van der Waals surface area contributed by atoms with Crippen molar-refractivity contribution in [2.45, 2.75) is 13.2 Å². The standard InChI is InChI=1S/C10H9BrO5.C8H5BrO2/c11-7-2-1-6(4-16-5-9(12)13)8(3-7)10(14)15;9-6-2-1-5-4-11-8(10)7(5)3-6/h1-3H,4-5H2,(H,12,13)(H,14,15);1-3H,4H2. The molecular weight excluding hydrogens is 488 g/mol. The van der Waals surface area contributed by atoms with Crippen molar-refractivity contribution in [3.05, 3.63) is 67.6 Å². The SMILES string of the molecule is O=C(O)COCc1ccc(Br)cc1C(=O)O.O=C1OCc2ccc(Br)cc21. The summed E-state index contributed by atoms with van der Waals surface area (Å²) in [6.07, 6.45) is 0. The third kappa shape index (κ3) is 6.16. The van der Waals surface area contributed by atoms with Gasteiger partial charge in [0, 0.05) is 14.5 Å². The van der Waals surface area contributed by atoms with Crippen molar-refractivity contribution in [3.63, 3.8) is 0 Å². The van der Waals surface area contributed by atoms with Gasteiger partial charge in [0.2, 0.25) is 0 Å². The molecule has 7 nitrogen and oxygen atoms in total. The predicted molar refractivity (Wildman–Crippen MR) is 102 cm³/mol. The van der Waals surface area contributed by atoms with Crippen LogP contribution in [0.4, 0.5) is 0 Å². The van der Waals surface area contributed by atoms with Crippen LogP contribution in [0.25, 0.3) is 0 Å². The molecule has 2 aromatic rings. The lowest BCUT2D eigenvalue weighted by molar-refractivity contribution is -0.142. The minimum absolute atomic E-state index is 0.0405. The van der Waals surface area contributed by atoms with E-state index in [-0.39, 0.29) is 18.1 Å². The molecule has 0 unspecified atom stereocenters. The molecule has 0 aliphatic carbocycles. The Kier molecular flexibility index (Phi) is 7.52. The van der Waals surface area contributed by atoms with Crippen molar-refractivity contribution < 1.29 is 34.1 Å². The number of carbonyl (C=O) groups is 3. The molecule has 0 amide bonds. The first-order chi connectivity index (χ1) is 12.8. The van der Waals surface area contributed by atoms with Gasteiger partial charge in [-0.15, -0.1) is 0 Å². The minimum atomic E-state index is -1.09. The second kappa shape index (κ2) is 9.63. The molecule has 1 heterocycles. The molecule has 2 N–H and O–H groups in total. The average Bonchev–Trinajstić information content (AvgIpc) is 2.97. The number of carbonyl (C=O) groups excluding carboxylic acids is 1. The van der Waals surface area contributed by atoms with E-state index >= 15 is 0 Å². The first-order valence-electron chi connectivity index (χ1n) is 7.54. The van der Waals surface area contributed by atoms with Gasteiger partial charge in [-0.2, -0.15) is 0 Å². The van der Waals surface area contributed by atoms with Crippen molar-refractivity contribution in [3.8, 4) is 0 Å². The van der Waals surface area contributed by atoms with Crippen LogP contribution in [0.1, 0.15) is 31.8 Å². The van der Waals surface area contributed by atoms with Gasteiger partial charge in [0.05, 0.1) is 17.7 Å². The molecule has 9 heteroatoms. The number of hydrogen-bond donors (Lipinski definition) is 2. The number of benzene rings is 2. The van der Waals surface area contributed by atoms with Crippen LogP contribution in [-0.4, -0.2) is 34.7 Å². The largest absolute Gasteiger partial charge is 0.480 e. The second-order valence-electron chi connectivity index (χ2n) is 5.37. The monoisotopic (exact) mass is 500 g/mol. The summed E-state index contributed by atoms with van der Waals surface area (Å²) in [5.41, 5.74) is 2.19. The highest BCUT2D eigenvalue weighted by Crippen LogP contribution is 2.23. The zero-order valence-corrected chi connectivity index (χ0v) is 16.9. The first kappa shape index (κ1) is 21.1. The molecule has 0 bridgehead atoms. The molecule has 0 saturated heterocycles. The fraction of sp³-hybridized carbons (Fsp3) is 0.167. The molecule has 0 aromatic heterocycles. The molecule has 1 aliphatic heterocycles. The molecule has 0 fully saturated rings. The Hall–Kier alpha value is -2.23. The summed E-state index contributed by atoms with van der Waals surface area (Å²) in [5, 5.41) is 17.3. The summed E-state index contributed by atoms with van der Waals surface area (Å²) in [6, 6.07) is 10.3. The van der Waals surface area contributed by atoms with Crippen molar-refractivity contribution in [1.82, 2.24) is 0 Å². The molecule has 0 radical (unpaired) electrons. The number of esters is 1. The average molecular weight is 502 g/mol. The highest BCUT2D eigenvalue weighted by molar-refractivity contribution is 9.10. The van der Waals surface area contributed by atoms with Gasteiger partial charge in [0.15, 0.2) is 0 Å². The Balaban J connectivity index is 0.000000206. The van der Waals surface area contributed by atoms with Crippen LogP contribution >= 0.6 is 31.9 Å². The Bertz CT molecular complexity index is 880. The lowest BCUT2D eigenvalue weighted by atomic mass is 10.1. The van der Waals surface area contributed by atoms with E-state index in [1.807, 2.05) is 12.1 Å². The second-order valence-corrected chi connectivity index (χ2v) is 7.20. The molecular formula is C18H14Br2O7. The molecule has 2 aromatic carbocycles. The lowest BCUT2D eigenvalue weighted by Gasteiger charge is -2.06. The summed E-state index contributed by atoms with van der Waals surface area (Å²) in [7, 11) is 0. The van der Waals surface area contributed by atoms with Crippen LogP contribution in [0.2, 0.25) is 0 Å². The summed E-state index contributed by atoms with van der Waals surface area (Å²) >= 11 is 6.44. The zero-order valence-electron chi connectivity index (χ0n) is 13.8. The highest BCUT2D eigenvalue weighted by Gasteiger charge is 2.20. The van der Waals surface area contributed by atoms with E-state index in [9.17, 15) is 14.4 Å². The lowest BCUT2D eigenvalue weighted by Crippen LogP contribution is -2.09. The zero-order chi connectivity index (χ0) is 20.0. The van der Waals surface area contributed by atoms with E-state index in [1.54, 1.807) is 18.2 Å². The van der Waals surface area contributed by atoms with E-state index in [0.29, 0.717) is 22.2 Å². The summed E-state index contributed by atoms with van der Waals surface area (Å²) in [4.78, 5) is 32.1. The number of ether oxygens (including phenoxy) is 2. The van der Waals surface area contributed by atoms with E-state index in [4.69, 9.17) is 19.7 Å².